The second-order valence-electron chi connectivity index (χ2n) is 4.71. The minimum absolute atomic E-state index is 0.0635. The lowest BCUT2D eigenvalue weighted by Gasteiger charge is -2.41. The Labute approximate surface area is 104 Å². The maximum absolute atomic E-state index is 12.3. The van der Waals surface area contributed by atoms with E-state index in [0.717, 1.165) is 0 Å². The Kier molecular flexibility index (Phi) is 2.21. The summed E-state index contributed by atoms with van der Waals surface area (Å²) in [5, 5.41) is 2.88. The summed E-state index contributed by atoms with van der Waals surface area (Å²) in [6.45, 7) is 2.75. The number of rotatable bonds is 0. The third-order valence-corrected chi connectivity index (χ3v) is 3.71. The lowest BCUT2D eigenvalue weighted by Crippen LogP contribution is -2.59. The molecule has 0 bridgehead atoms. The Morgan fingerprint density at radius 2 is 2.28 bits per heavy atom. The first kappa shape index (κ1) is 11.2. The molecule has 0 radical (unpaired) electrons. The Balaban J connectivity index is 2.16. The van der Waals surface area contributed by atoms with Crippen molar-refractivity contribution in [3.8, 4) is 0 Å². The number of nitrogens with two attached hydrogens (primary N) is 1. The van der Waals surface area contributed by atoms with Crippen LogP contribution in [-0.2, 0) is 9.53 Å². The van der Waals surface area contributed by atoms with Crippen molar-refractivity contribution >= 4 is 23.4 Å². The molecule has 7 heteroatoms. The fourth-order valence-corrected chi connectivity index (χ4v) is 2.55. The van der Waals surface area contributed by atoms with Gasteiger partial charge in [-0.15, -0.1) is 0 Å². The van der Waals surface area contributed by atoms with Crippen LogP contribution in [0.2, 0.25) is 0 Å². The first-order valence-corrected chi connectivity index (χ1v) is 5.82. The second kappa shape index (κ2) is 3.55. The van der Waals surface area contributed by atoms with E-state index in [-0.39, 0.29) is 11.9 Å². The van der Waals surface area contributed by atoms with Crippen LogP contribution in [0, 0.1) is 6.92 Å². The predicted molar refractivity (Wildman–Crippen MR) is 66.4 cm³/mol. The third-order valence-electron chi connectivity index (χ3n) is 3.71. The topological polar surface area (TPSA) is 93.4 Å². The third kappa shape index (κ3) is 1.30. The van der Waals surface area contributed by atoms with Crippen molar-refractivity contribution in [1.82, 2.24) is 9.97 Å². The average Bonchev–Trinajstić information content (AvgIpc) is 2.79. The summed E-state index contributed by atoms with van der Waals surface area (Å²) in [5.41, 5.74) is 6.31. The van der Waals surface area contributed by atoms with E-state index in [9.17, 15) is 4.79 Å². The van der Waals surface area contributed by atoms with E-state index in [4.69, 9.17) is 10.5 Å². The quantitative estimate of drug-likeness (QED) is 0.667. The Morgan fingerprint density at radius 3 is 2.94 bits per heavy atom. The second-order valence-corrected chi connectivity index (χ2v) is 4.71. The summed E-state index contributed by atoms with van der Waals surface area (Å²) in [7, 11) is 1.85. The van der Waals surface area contributed by atoms with Crippen molar-refractivity contribution in [2.24, 2.45) is 0 Å². The van der Waals surface area contributed by atoms with E-state index in [1.807, 2.05) is 11.9 Å². The molecule has 1 amide bonds. The van der Waals surface area contributed by atoms with Crippen molar-refractivity contribution in [2.45, 2.75) is 18.9 Å². The molecule has 1 spiro atoms. The van der Waals surface area contributed by atoms with Crippen molar-refractivity contribution in [3.05, 3.63) is 5.69 Å². The maximum Gasteiger partial charge on any atom is 0.252 e. The van der Waals surface area contributed by atoms with Crippen LogP contribution in [0.25, 0.3) is 0 Å². The minimum Gasteiger partial charge on any atom is -0.378 e. The van der Waals surface area contributed by atoms with E-state index in [1.165, 1.54) is 0 Å². The van der Waals surface area contributed by atoms with E-state index >= 15 is 0 Å². The van der Waals surface area contributed by atoms with Crippen LogP contribution in [0.15, 0.2) is 0 Å². The lowest BCUT2D eigenvalue weighted by molar-refractivity contribution is -0.121. The van der Waals surface area contributed by atoms with Gasteiger partial charge in [0.25, 0.3) is 5.91 Å². The Bertz CT molecular complexity index is 524. The van der Waals surface area contributed by atoms with Gasteiger partial charge in [-0.25, -0.2) is 4.98 Å². The molecule has 7 nitrogen and oxygen atoms in total. The highest BCUT2D eigenvalue weighted by atomic mass is 16.5. The van der Waals surface area contributed by atoms with Crippen molar-refractivity contribution in [1.29, 1.82) is 0 Å². The predicted octanol–water partition coefficient (Wildman–Crippen LogP) is -0.0854. The van der Waals surface area contributed by atoms with Gasteiger partial charge in [0.05, 0.1) is 12.3 Å². The molecule has 96 valence electrons. The van der Waals surface area contributed by atoms with Crippen LogP contribution in [0.5, 0.6) is 0 Å². The number of carbonyl (C=O) groups is 1. The summed E-state index contributed by atoms with van der Waals surface area (Å²) < 4.78 is 5.38. The van der Waals surface area contributed by atoms with Gasteiger partial charge >= 0.3 is 0 Å². The maximum atomic E-state index is 12.3. The van der Waals surface area contributed by atoms with Crippen molar-refractivity contribution in [2.75, 3.05) is 36.2 Å². The molecule has 0 saturated carbocycles. The zero-order valence-corrected chi connectivity index (χ0v) is 10.4. The molecule has 2 aliphatic heterocycles. The number of likely N-dealkylation sites (N-methyl/N-ethyl adjacent to an activating group) is 1. The number of carbonyl (C=O) groups excluding carboxylic acids is 1. The highest BCUT2D eigenvalue weighted by Crippen LogP contribution is 2.39. The first-order chi connectivity index (χ1) is 8.54. The number of hydrogen-bond donors (Lipinski definition) is 2. The Morgan fingerprint density at radius 1 is 1.50 bits per heavy atom. The summed E-state index contributed by atoms with van der Waals surface area (Å²) in [5.74, 6) is 0.805. The highest BCUT2D eigenvalue weighted by molar-refractivity contribution is 6.06. The average molecular weight is 249 g/mol. The molecule has 1 aromatic heterocycles. The molecule has 1 saturated heterocycles. The molecule has 1 aromatic rings. The SMILES string of the molecule is Cc1nc(N)nc2c1NC(=O)C1(CCOC1)N2C. The van der Waals surface area contributed by atoms with Gasteiger partial charge in [-0.05, 0) is 6.92 Å². The number of nitrogens with one attached hydrogen (secondary N) is 1. The molecule has 0 aliphatic carbocycles. The fourth-order valence-electron chi connectivity index (χ4n) is 2.55. The number of anilines is 3. The van der Waals surface area contributed by atoms with E-state index in [0.29, 0.717) is 36.8 Å². The van der Waals surface area contributed by atoms with Crippen LogP contribution < -0.4 is 16.0 Å². The number of aromatic nitrogens is 2. The highest BCUT2D eigenvalue weighted by Gasteiger charge is 2.50. The zero-order valence-electron chi connectivity index (χ0n) is 10.4. The number of fused-ring (bicyclic) bond motifs is 1. The number of aryl methyl sites for hydroxylation is 1. The van der Waals surface area contributed by atoms with Crippen LogP contribution in [0.3, 0.4) is 0 Å². The normalized spacial score (nSPS) is 26.3. The summed E-state index contributed by atoms with van der Waals surface area (Å²) in [6, 6.07) is 0. The molecule has 18 heavy (non-hydrogen) atoms. The number of hydrogen-bond acceptors (Lipinski definition) is 6. The van der Waals surface area contributed by atoms with Gasteiger partial charge in [0, 0.05) is 20.1 Å². The summed E-state index contributed by atoms with van der Waals surface area (Å²) >= 11 is 0. The number of ether oxygens (including phenoxy) is 1. The van der Waals surface area contributed by atoms with Crippen molar-refractivity contribution < 1.29 is 9.53 Å². The van der Waals surface area contributed by atoms with Gasteiger partial charge in [0.1, 0.15) is 11.2 Å². The van der Waals surface area contributed by atoms with Crippen LogP contribution in [0.1, 0.15) is 12.1 Å². The molecule has 3 N–H and O–H groups in total. The number of nitrogens with zero attached hydrogens (tertiary/aromatic N) is 3. The van der Waals surface area contributed by atoms with Crippen LogP contribution >= 0.6 is 0 Å². The number of nitrogen functional groups attached to an aromatic ring is 1. The van der Waals surface area contributed by atoms with Gasteiger partial charge in [0.2, 0.25) is 5.95 Å². The smallest absolute Gasteiger partial charge is 0.252 e. The molecule has 2 aliphatic rings. The van der Waals surface area contributed by atoms with Gasteiger partial charge in [-0.3, -0.25) is 4.79 Å². The van der Waals surface area contributed by atoms with E-state index < -0.39 is 5.54 Å². The minimum atomic E-state index is -0.666. The standard InChI is InChI=1S/C11H15N5O2/c1-6-7-8(15-10(12)13-6)16(2)11(9(17)14-7)3-4-18-5-11/h3-5H2,1-2H3,(H,14,17)(H2,12,13,15). The molecular weight excluding hydrogens is 234 g/mol. The van der Waals surface area contributed by atoms with Gasteiger partial charge in [-0.1, -0.05) is 0 Å². The van der Waals surface area contributed by atoms with Crippen LogP contribution in [0.4, 0.5) is 17.5 Å². The fraction of sp³-hybridized carbons (Fsp3) is 0.545. The molecule has 3 rings (SSSR count). The monoisotopic (exact) mass is 249 g/mol. The zero-order chi connectivity index (χ0) is 12.9. The number of amides is 1. The molecule has 1 atom stereocenters. The largest absolute Gasteiger partial charge is 0.378 e. The van der Waals surface area contributed by atoms with Gasteiger partial charge in [0.15, 0.2) is 5.82 Å². The lowest BCUT2D eigenvalue weighted by atomic mass is 9.93. The molecule has 3 heterocycles. The Hall–Kier alpha value is -1.89. The molecule has 0 aromatic carbocycles. The molecule has 1 fully saturated rings. The van der Waals surface area contributed by atoms with Crippen molar-refractivity contribution in [3.63, 3.8) is 0 Å². The molecular formula is C11H15N5O2. The van der Waals surface area contributed by atoms with Gasteiger partial charge < -0.3 is 20.7 Å². The van der Waals surface area contributed by atoms with E-state index in [2.05, 4.69) is 15.3 Å². The van der Waals surface area contributed by atoms with Crippen LogP contribution in [-0.4, -0.2) is 41.7 Å². The summed E-state index contributed by atoms with van der Waals surface area (Å²) in [6.07, 6.45) is 0.651. The van der Waals surface area contributed by atoms with Gasteiger partial charge in [-0.2, -0.15) is 4.98 Å². The summed E-state index contributed by atoms with van der Waals surface area (Å²) in [4.78, 5) is 22.5. The van der Waals surface area contributed by atoms with E-state index in [1.54, 1.807) is 6.92 Å². The first-order valence-electron chi connectivity index (χ1n) is 5.82. The molecule has 1 unspecified atom stereocenters.